The number of carbonyl (C=O) groups is 2. The average Bonchev–Trinajstić information content (AvgIpc) is 2.96. The van der Waals surface area contributed by atoms with Crippen molar-refractivity contribution in [3.8, 4) is 0 Å². The van der Waals surface area contributed by atoms with Gasteiger partial charge in [-0.25, -0.2) is 8.42 Å². The van der Waals surface area contributed by atoms with E-state index in [9.17, 15) is 18.0 Å². The first-order valence-corrected chi connectivity index (χ1v) is 15.9. The van der Waals surface area contributed by atoms with Crippen LogP contribution >= 0.6 is 11.6 Å². The van der Waals surface area contributed by atoms with Gasteiger partial charge in [0.25, 0.3) is 10.0 Å². The Morgan fingerprint density at radius 3 is 2.24 bits per heavy atom. The van der Waals surface area contributed by atoms with Crippen LogP contribution in [0.4, 0.5) is 5.69 Å². The van der Waals surface area contributed by atoms with Crippen molar-refractivity contribution in [2.45, 2.75) is 76.4 Å². The molecule has 41 heavy (non-hydrogen) atoms. The van der Waals surface area contributed by atoms with Crippen LogP contribution in [0.15, 0.2) is 77.7 Å². The Bertz CT molecular complexity index is 1460. The van der Waals surface area contributed by atoms with Crippen molar-refractivity contribution in [2.75, 3.05) is 10.8 Å². The summed E-state index contributed by atoms with van der Waals surface area (Å²) in [6, 6.07) is 20.1. The highest BCUT2D eigenvalue weighted by atomic mass is 35.5. The summed E-state index contributed by atoms with van der Waals surface area (Å²) >= 11 is 6.19. The highest BCUT2D eigenvalue weighted by Crippen LogP contribution is 2.29. The van der Waals surface area contributed by atoms with E-state index in [4.69, 9.17) is 11.6 Å². The van der Waals surface area contributed by atoms with Gasteiger partial charge in [-0.2, -0.15) is 0 Å². The molecule has 0 bridgehead atoms. The van der Waals surface area contributed by atoms with E-state index in [0.717, 1.165) is 47.5 Å². The van der Waals surface area contributed by atoms with Gasteiger partial charge < -0.3 is 10.2 Å². The summed E-state index contributed by atoms with van der Waals surface area (Å²) in [4.78, 5) is 29.0. The number of nitrogens with one attached hydrogen (secondary N) is 1. The normalized spacial score (nSPS) is 14.7. The summed E-state index contributed by atoms with van der Waals surface area (Å²) in [6.45, 7) is 5.02. The summed E-state index contributed by atoms with van der Waals surface area (Å²) in [5.74, 6) is -0.720. The SMILES string of the molecule is Cc1ccc(S(=O)(=O)N(CC(=O)N(Cc2ccccc2)C(C)C(=O)NC2CCCCC2)c2ccc(Cl)cc2C)cc1. The van der Waals surface area contributed by atoms with Gasteiger partial charge in [-0.1, -0.05) is 78.9 Å². The van der Waals surface area contributed by atoms with Crippen LogP contribution in [0.1, 0.15) is 55.7 Å². The fraction of sp³-hybridized carbons (Fsp3) is 0.375. The monoisotopic (exact) mass is 595 g/mol. The van der Waals surface area contributed by atoms with E-state index in [1.165, 1.54) is 17.0 Å². The minimum atomic E-state index is -4.13. The van der Waals surface area contributed by atoms with E-state index in [1.807, 2.05) is 37.3 Å². The molecule has 0 aromatic heterocycles. The molecule has 1 atom stereocenters. The standard InChI is InChI=1S/C32H38ClN3O4S/c1-23-14-17-29(18-15-23)41(39,40)36(30-19-16-27(33)20-24(30)2)22-31(37)35(21-26-10-6-4-7-11-26)25(3)32(38)34-28-12-8-5-9-13-28/h4,6-7,10-11,14-20,25,28H,5,8-9,12-13,21-22H2,1-3H3,(H,34,38). The van der Waals surface area contributed by atoms with Gasteiger partial charge in [-0.3, -0.25) is 13.9 Å². The molecule has 7 nitrogen and oxygen atoms in total. The van der Waals surface area contributed by atoms with Crippen LogP contribution in [0.2, 0.25) is 5.02 Å². The number of halogens is 1. The van der Waals surface area contributed by atoms with Crippen molar-refractivity contribution in [3.63, 3.8) is 0 Å². The van der Waals surface area contributed by atoms with Crippen molar-refractivity contribution < 1.29 is 18.0 Å². The van der Waals surface area contributed by atoms with Gasteiger partial charge in [0.2, 0.25) is 11.8 Å². The number of hydrogen-bond donors (Lipinski definition) is 1. The molecule has 1 unspecified atom stereocenters. The summed E-state index contributed by atoms with van der Waals surface area (Å²) in [6.07, 6.45) is 5.14. The molecule has 9 heteroatoms. The minimum absolute atomic E-state index is 0.0722. The summed E-state index contributed by atoms with van der Waals surface area (Å²) < 4.78 is 29.1. The van der Waals surface area contributed by atoms with E-state index >= 15 is 0 Å². The van der Waals surface area contributed by atoms with Crippen LogP contribution in [-0.2, 0) is 26.2 Å². The zero-order valence-electron chi connectivity index (χ0n) is 23.8. The number of sulfonamides is 1. The molecule has 3 aromatic rings. The first-order valence-electron chi connectivity index (χ1n) is 14.1. The van der Waals surface area contributed by atoms with Crippen LogP contribution in [0, 0.1) is 13.8 Å². The molecule has 1 aliphatic rings. The second-order valence-electron chi connectivity index (χ2n) is 10.8. The lowest BCUT2D eigenvalue weighted by Crippen LogP contribution is -2.53. The average molecular weight is 596 g/mol. The maximum atomic E-state index is 14.1. The van der Waals surface area contributed by atoms with Crippen LogP contribution in [-0.4, -0.2) is 43.8 Å². The third-order valence-electron chi connectivity index (χ3n) is 7.63. The van der Waals surface area contributed by atoms with Crippen molar-refractivity contribution >= 4 is 39.1 Å². The Kier molecular flexibility index (Phi) is 10.1. The van der Waals surface area contributed by atoms with Gasteiger partial charge in [0.15, 0.2) is 0 Å². The Morgan fingerprint density at radius 1 is 0.951 bits per heavy atom. The zero-order valence-corrected chi connectivity index (χ0v) is 25.4. The first kappa shape index (κ1) is 30.6. The molecule has 218 valence electrons. The lowest BCUT2D eigenvalue weighted by atomic mass is 9.95. The highest BCUT2D eigenvalue weighted by Gasteiger charge is 2.33. The van der Waals surface area contributed by atoms with Crippen molar-refractivity contribution in [1.82, 2.24) is 10.2 Å². The smallest absolute Gasteiger partial charge is 0.264 e. The topological polar surface area (TPSA) is 86.8 Å². The van der Waals surface area contributed by atoms with E-state index in [1.54, 1.807) is 44.2 Å². The van der Waals surface area contributed by atoms with Gasteiger partial charge in [0.05, 0.1) is 10.6 Å². The third-order valence-corrected chi connectivity index (χ3v) is 9.64. The lowest BCUT2D eigenvalue weighted by Gasteiger charge is -2.33. The predicted octanol–water partition coefficient (Wildman–Crippen LogP) is 6.02. The number of rotatable bonds is 10. The first-order chi connectivity index (χ1) is 19.6. The Labute approximate surface area is 248 Å². The summed E-state index contributed by atoms with van der Waals surface area (Å²) in [7, 11) is -4.13. The highest BCUT2D eigenvalue weighted by molar-refractivity contribution is 7.92. The van der Waals surface area contributed by atoms with Gasteiger partial charge in [0.1, 0.15) is 12.6 Å². The molecule has 0 radical (unpaired) electrons. The number of amides is 2. The molecule has 1 aliphatic carbocycles. The molecule has 1 saturated carbocycles. The van der Waals surface area contributed by atoms with Crippen LogP contribution < -0.4 is 9.62 Å². The van der Waals surface area contributed by atoms with Crippen molar-refractivity contribution in [1.29, 1.82) is 0 Å². The largest absolute Gasteiger partial charge is 0.352 e. The predicted molar refractivity (Wildman–Crippen MR) is 163 cm³/mol. The maximum Gasteiger partial charge on any atom is 0.264 e. The van der Waals surface area contributed by atoms with Crippen LogP contribution in [0.25, 0.3) is 0 Å². The van der Waals surface area contributed by atoms with E-state index < -0.39 is 28.5 Å². The molecule has 1 fully saturated rings. The number of carbonyl (C=O) groups excluding carboxylic acids is 2. The van der Waals surface area contributed by atoms with Gasteiger partial charge >= 0.3 is 0 Å². The Balaban J connectivity index is 1.69. The van der Waals surface area contributed by atoms with Gasteiger partial charge in [-0.15, -0.1) is 0 Å². The van der Waals surface area contributed by atoms with E-state index in [0.29, 0.717) is 16.3 Å². The number of aryl methyl sites for hydroxylation is 2. The second-order valence-corrected chi connectivity index (χ2v) is 13.1. The Morgan fingerprint density at radius 2 is 1.61 bits per heavy atom. The number of hydrogen-bond acceptors (Lipinski definition) is 4. The quantitative estimate of drug-likeness (QED) is 0.311. The molecule has 0 aliphatic heterocycles. The molecule has 1 N–H and O–H groups in total. The van der Waals surface area contributed by atoms with Crippen molar-refractivity contribution in [3.05, 3.63) is 94.5 Å². The number of nitrogens with zero attached hydrogens (tertiary/aromatic N) is 2. The van der Waals surface area contributed by atoms with Gasteiger partial charge in [0, 0.05) is 17.6 Å². The molecule has 0 saturated heterocycles. The minimum Gasteiger partial charge on any atom is -0.352 e. The van der Waals surface area contributed by atoms with Crippen molar-refractivity contribution in [2.24, 2.45) is 0 Å². The molecule has 4 rings (SSSR count). The lowest BCUT2D eigenvalue weighted by molar-refractivity contribution is -0.139. The second kappa shape index (κ2) is 13.5. The van der Waals surface area contributed by atoms with E-state index in [2.05, 4.69) is 5.32 Å². The maximum absolute atomic E-state index is 14.1. The molecule has 0 heterocycles. The van der Waals surface area contributed by atoms with Crippen LogP contribution in [0.3, 0.4) is 0 Å². The molecule has 2 amide bonds. The zero-order chi connectivity index (χ0) is 29.6. The van der Waals surface area contributed by atoms with Crippen LogP contribution in [0.5, 0.6) is 0 Å². The molecule has 3 aromatic carbocycles. The van der Waals surface area contributed by atoms with E-state index in [-0.39, 0.29) is 23.4 Å². The molecular weight excluding hydrogens is 558 g/mol. The fourth-order valence-electron chi connectivity index (χ4n) is 5.18. The summed E-state index contributed by atoms with van der Waals surface area (Å²) in [5, 5.41) is 3.58. The number of anilines is 1. The molecular formula is C32H38ClN3O4S. The number of benzene rings is 3. The third kappa shape index (κ3) is 7.68. The fourth-order valence-corrected chi connectivity index (χ4v) is 6.89. The Hall–Kier alpha value is -3.36. The van der Waals surface area contributed by atoms with Gasteiger partial charge in [-0.05, 0) is 75.1 Å². The molecule has 0 spiro atoms. The summed E-state index contributed by atoms with van der Waals surface area (Å²) in [5.41, 5.74) is 2.72.